The van der Waals surface area contributed by atoms with Crippen molar-refractivity contribution in [3.8, 4) is 11.8 Å². The molecular formula is C15H20O. The van der Waals surface area contributed by atoms with E-state index in [1.54, 1.807) is 0 Å². The van der Waals surface area contributed by atoms with Crippen molar-refractivity contribution in [2.45, 2.75) is 33.3 Å². The quantitative estimate of drug-likeness (QED) is 0.770. The van der Waals surface area contributed by atoms with E-state index in [0.29, 0.717) is 5.92 Å². The predicted molar refractivity (Wildman–Crippen MR) is 67.9 cm³/mol. The summed E-state index contributed by atoms with van der Waals surface area (Å²) in [6.45, 7) is 6.10. The van der Waals surface area contributed by atoms with Crippen molar-refractivity contribution in [3.05, 3.63) is 35.9 Å². The van der Waals surface area contributed by atoms with Crippen molar-refractivity contribution in [3.63, 3.8) is 0 Å². The van der Waals surface area contributed by atoms with E-state index in [9.17, 15) is 5.11 Å². The molecule has 1 nitrogen and oxygen atoms in total. The van der Waals surface area contributed by atoms with Gasteiger partial charge in [-0.2, -0.15) is 0 Å². The lowest BCUT2D eigenvalue weighted by Crippen LogP contribution is -2.21. The normalized spacial score (nSPS) is 14.1. The summed E-state index contributed by atoms with van der Waals surface area (Å²) in [5.74, 6) is 7.00. The summed E-state index contributed by atoms with van der Waals surface area (Å²) in [4.78, 5) is 0. The fourth-order valence-electron chi connectivity index (χ4n) is 1.76. The van der Waals surface area contributed by atoms with Gasteiger partial charge in [-0.15, -0.1) is 0 Å². The van der Waals surface area contributed by atoms with Gasteiger partial charge in [0.1, 0.15) is 0 Å². The molecule has 86 valence electrons. The van der Waals surface area contributed by atoms with Crippen LogP contribution in [0, 0.1) is 23.7 Å². The lowest BCUT2D eigenvalue weighted by Gasteiger charge is -2.21. The molecular weight excluding hydrogens is 196 g/mol. The van der Waals surface area contributed by atoms with Gasteiger partial charge in [0, 0.05) is 12.0 Å². The van der Waals surface area contributed by atoms with Crippen LogP contribution >= 0.6 is 0 Å². The summed E-state index contributed by atoms with van der Waals surface area (Å²) in [5, 5.41) is 9.61. The van der Waals surface area contributed by atoms with Crippen LogP contribution in [0.4, 0.5) is 0 Å². The second-order valence-electron chi connectivity index (χ2n) is 4.52. The molecule has 1 heteroatoms. The summed E-state index contributed by atoms with van der Waals surface area (Å²) in [6, 6.07) is 9.95. The Balaban J connectivity index is 2.59. The summed E-state index contributed by atoms with van der Waals surface area (Å²) < 4.78 is 0. The fraction of sp³-hybridized carbons (Fsp3) is 0.467. The van der Waals surface area contributed by atoms with Gasteiger partial charge in [-0.25, -0.2) is 0 Å². The third-order valence-corrected chi connectivity index (χ3v) is 2.82. The van der Waals surface area contributed by atoms with Crippen molar-refractivity contribution in [1.82, 2.24) is 0 Å². The summed E-state index contributed by atoms with van der Waals surface area (Å²) >= 11 is 0. The number of hydrogen-bond acceptors (Lipinski definition) is 1. The topological polar surface area (TPSA) is 20.2 Å². The Hall–Kier alpha value is -1.26. The zero-order chi connectivity index (χ0) is 12.0. The van der Waals surface area contributed by atoms with Gasteiger partial charge in [0.25, 0.3) is 0 Å². The molecule has 0 saturated heterocycles. The van der Waals surface area contributed by atoms with Gasteiger partial charge in [0.2, 0.25) is 0 Å². The first kappa shape index (κ1) is 12.8. The summed E-state index contributed by atoms with van der Waals surface area (Å²) in [7, 11) is 0. The zero-order valence-corrected chi connectivity index (χ0v) is 10.3. The third kappa shape index (κ3) is 4.08. The molecule has 1 N–H and O–H groups in total. The van der Waals surface area contributed by atoms with Gasteiger partial charge >= 0.3 is 0 Å². The maximum absolute atomic E-state index is 9.61. The SMILES string of the molecule is CC(C)C(CC#Cc1ccccc1)C(C)O. The van der Waals surface area contributed by atoms with Crippen LogP contribution < -0.4 is 0 Å². The molecule has 1 aromatic carbocycles. The standard InChI is InChI=1S/C15H20O/c1-12(2)15(13(3)16)11-7-10-14-8-5-4-6-9-14/h4-6,8-9,12-13,15-16H,11H2,1-3H3. The van der Waals surface area contributed by atoms with Crippen LogP contribution in [-0.4, -0.2) is 11.2 Å². The van der Waals surface area contributed by atoms with Gasteiger partial charge in [-0.3, -0.25) is 0 Å². The minimum Gasteiger partial charge on any atom is -0.393 e. The molecule has 0 radical (unpaired) electrons. The van der Waals surface area contributed by atoms with Crippen molar-refractivity contribution >= 4 is 0 Å². The molecule has 0 amide bonds. The molecule has 2 unspecified atom stereocenters. The van der Waals surface area contributed by atoms with Crippen LogP contribution in [0.25, 0.3) is 0 Å². The average Bonchev–Trinajstić information content (AvgIpc) is 2.24. The lowest BCUT2D eigenvalue weighted by molar-refractivity contribution is 0.101. The molecule has 2 atom stereocenters. The number of aliphatic hydroxyl groups is 1. The van der Waals surface area contributed by atoms with Crippen molar-refractivity contribution < 1.29 is 5.11 Å². The molecule has 1 aromatic rings. The van der Waals surface area contributed by atoms with Crippen molar-refractivity contribution in [2.75, 3.05) is 0 Å². The zero-order valence-electron chi connectivity index (χ0n) is 10.3. The smallest absolute Gasteiger partial charge is 0.0551 e. The molecule has 0 aromatic heterocycles. The number of rotatable bonds is 3. The summed E-state index contributed by atoms with van der Waals surface area (Å²) in [6.07, 6.45) is 0.467. The highest BCUT2D eigenvalue weighted by molar-refractivity contribution is 5.33. The van der Waals surface area contributed by atoms with Gasteiger partial charge in [0.15, 0.2) is 0 Å². The second-order valence-corrected chi connectivity index (χ2v) is 4.52. The van der Waals surface area contributed by atoms with Crippen LogP contribution in [0.15, 0.2) is 30.3 Å². The highest BCUT2D eigenvalue weighted by Crippen LogP contribution is 2.18. The highest BCUT2D eigenvalue weighted by atomic mass is 16.3. The minimum absolute atomic E-state index is 0.260. The Morgan fingerprint density at radius 2 is 1.75 bits per heavy atom. The average molecular weight is 216 g/mol. The Kier molecular flexibility index (Phi) is 5.08. The Morgan fingerprint density at radius 3 is 2.25 bits per heavy atom. The second kappa shape index (κ2) is 6.35. The molecule has 16 heavy (non-hydrogen) atoms. The van der Waals surface area contributed by atoms with Crippen LogP contribution in [0.2, 0.25) is 0 Å². The van der Waals surface area contributed by atoms with Crippen LogP contribution in [0.1, 0.15) is 32.8 Å². The number of benzene rings is 1. The van der Waals surface area contributed by atoms with Crippen molar-refractivity contribution in [2.24, 2.45) is 11.8 Å². The fourth-order valence-corrected chi connectivity index (χ4v) is 1.76. The minimum atomic E-state index is -0.287. The number of hydrogen-bond donors (Lipinski definition) is 1. The first-order valence-electron chi connectivity index (χ1n) is 5.83. The monoisotopic (exact) mass is 216 g/mol. The molecule has 0 fully saturated rings. The maximum Gasteiger partial charge on any atom is 0.0551 e. The van der Waals surface area contributed by atoms with Crippen LogP contribution in [0.5, 0.6) is 0 Å². The van der Waals surface area contributed by atoms with E-state index in [1.165, 1.54) is 0 Å². The Labute approximate surface area is 98.5 Å². The summed E-state index contributed by atoms with van der Waals surface area (Å²) in [5.41, 5.74) is 1.04. The van der Waals surface area contributed by atoms with Gasteiger partial charge in [0.05, 0.1) is 6.10 Å². The number of aliphatic hydroxyl groups excluding tert-OH is 1. The highest BCUT2D eigenvalue weighted by Gasteiger charge is 2.17. The van der Waals surface area contributed by atoms with Crippen LogP contribution in [-0.2, 0) is 0 Å². The molecule has 0 spiro atoms. The van der Waals surface area contributed by atoms with E-state index >= 15 is 0 Å². The third-order valence-electron chi connectivity index (χ3n) is 2.82. The lowest BCUT2D eigenvalue weighted by atomic mass is 9.88. The van der Waals surface area contributed by atoms with E-state index < -0.39 is 0 Å². The van der Waals surface area contributed by atoms with Crippen LogP contribution in [0.3, 0.4) is 0 Å². The molecule has 0 aliphatic heterocycles. The first-order chi connectivity index (χ1) is 7.61. The van der Waals surface area contributed by atoms with Gasteiger partial charge < -0.3 is 5.11 Å². The molecule has 0 saturated carbocycles. The molecule has 0 aliphatic carbocycles. The molecule has 0 bridgehead atoms. The van der Waals surface area contributed by atoms with E-state index in [1.807, 2.05) is 37.3 Å². The van der Waals surface area contributed by atoms with Gasteiger partial charge in [-0.1, -0.05) is 43.9 Å². The first-order valence-corrected chi connectivity index (χ1v) is 5.83. The van der Waals surface area contributed by atoms with E-state index in [-0.39, 0.29) is 12.0 Å². The predicted octanol–water partition coefficient (Wildman–Crippen LogP) is 3.08. The largest absolute Gasteiger partial charge is 0.393 e. The molecule has 1 rings (SSSR count). The van der Waals surface area contributed by atoms with E-state index in [4.69, 9.17) is 0 Å². The van der Waals surface area contributed by atoms with Crippen molar-refractivity contribution in [1.29, 1.82) is 0 Å². The van der Waals surface area contributed by atoms with Gasteiger partial charge in [-0.05, 0) is 30.9 Å². The Morgan fingerprint density at radius 1 is 1.12 bits per heavy atom. The molecule has 0 heterocycles. The molecule has 0 aliphatic rings. The Bertz CT molecular complexity index is 346. The van der Waals surface area contributed by atoms with E-state index in [0.717, 1.165) is 12.0 Å². The van der Waals surface area contributed by atoms with E-state index in [2.05, 4.69) is 25.7 Å². The maximum atomic E-state index is 9.61.